The SMILES string of the molecule is CCN(CC)CCCC(C)NC(=O)C(C)(C)C. The van der Waals surface area contributed by atoms with Gasteiger partial charge in [-0.15, -0.1) is 0 Å². The Morgan fingerprint density at radius 1 is 1.24 bits per heavy atom. The minimum atomic E-state index is -0.285. The van der Waals surface area contributed by atoms with Crippen LogP contribution in [-0.2, 0) is 4.79 Å². The first-order valence-electron chi connectivity index (χ1n) is 6.84. The van der Waals surface area contributed by atoms with Crippen molar-refractivity contribution in [3.63, 3.8) is 0 Å². The van der Waals surface area contributed by atoms with Crippen molar-refractivity contribution in [3.05, 3.63) is 0 Å². The van der Waals surface area contributed by atoms with Crippen LogP contribution in [0.1, 0.15) is 54.4 Å². The molecule has 0 aromatic carbocycles. The molecule has 17 heavy (non-hydrogen) atoms. The summed E-state index contributed by atoms with van der Waals surface area (Å²) < 4.78 is 0. The summed E-state index contributed by atoms with van der Waals surface area (Å²) in [5.41, 5.74) is -0.285. The Kier molecular flexibility index (Phi) is 7.44. The molecule has 0 aromatic rings. The molecule has 0 rings (SSSR count). The van der Waals surface area contributed by atoms with E-state index in [0.717, 1.165) is 32.5 Å². The van der Waals surface area contributed by atoms with Crippen LogP contribution in [0, 0.1) is 5.41 Å². The molecule has 0 heterocycles. The molecule has 3 heteroatoms. The first-order chi connectivity index (χ1) is 7.81. The summed E-state index contributed by atoms with van der Waals surface area (Å²) in [7, 11) is 0. The van der Waals surface area contributed by atoms with E-state index in [0.29, 0.717) is 0 Å². The Bertz CT molecular complexity index is 217. The monoisotopic (exact) mass is 242 g/mol. The lowest BCUT2D eigenvalue weighted by Gasteiger charge is -2.23. The highest BCUT2D eigenvalue weighted by atomic mass is 16.2. The van der Waals surface area contributed by atoms with E-state index in [1.165, 1.54) is 0 Å². The van der Waals surface area contributed by atoms with E-state index in [9.17, 15) is 4.79 Å². The molecule has 1 unspecified atom stereocenters. The van der Waals surface area contributed by atoms with E-state index in [2.05, 4.69) is 31.0 Å². The molecule has 3 nitrogen and oxygen atoms in total. The van der Waals surface area contributed by atoms with Gasteiger partial charge in [0, 0.05) is 11.5 Å². The van der Waals surface area contributed by atoms with Crippen LogP contribution < -0.4 is 5.32 Å². The van der Waals surface area contributed by atoms with E-state index in [1.54, 1.807) is 0 Å². The normalized spacial score (nSPS) is 13.8. The zero-order chi connectivity index (χ0) is 13.5. The van der Waals surface area contributed by atoms with E-state index in [1.807, 2.05) is 20.8 Å². The number of carbonyl (C=O) groups excluding carboxylic acids is 1. The second-order valence-electron chi connectivity index (χ2n) is 5.79. The molecule has 0 saturated carbocycles. The minimum absolute atomic E-state index is 0.146. The lowest BCUT2D eigenvalue weighted by Crippen LogP contribution is -2.40. The lowest BCUT2D eigenvalue weighted by atomic mass is 9.95. The molecule has 0 aliphatic heterocycles. The highest BCUT2D eigenvalue weighted by Crippen LogP contribution is 2.13. The van der Waals surface area contributed by atoms with Crippen molar-refractivity contribution in [2.45, 2.75) is 60.4 Å². The number of nitrogens with one attached hydrogen (secondary N) is 1. The highest BCUT2D eigenvalue weighted by Gasteiger charge is 2.22. The Balaban J connectivity index is 3.80. The second kappa shape index (κ2) is 7.70. The topological polar surface area (TPSA) is 32.3 Å². The maximum Gasteiger partial charge on any atom is 0.225 e. The maximum atomic E-state index is 11.8. The van der Waals surface area contributed by atoms with Crippen molar-refractivity contribution in [3.8, 4) is 0 Å². The van der Waals surface area contributed by atoms with Crippen molar-refractivity contribution >= 4 is 5.91 Å². The molecule has 0 aromatic heterocycles. The van der Waals surface area contributed by atoms with Crippen LogP contribution in [0.15, 0.2) is 0 Å². The number of rotatable bonds is 7. The number of nitrogens with zero attached hydrogens (tertiary/aromatic N) is 1. The van der Waals surface area contributed by atoms with Crippen molar-refractivity contribution in [1.29, 1.82) is 0 Å². The van der Waals surface area contributed by atoms with E-state index in [4.69, 9.17) is 0 Å². The minimum Gasteiger partial charge on any atom is -0.353 e. The molecule has 0 fully saturated rings. The third-order valence-electron chi connectivity index (χ3n) is 3.06. The van der Waals surface area contributed by atoms with Crippen molar-refractivity contribution in [1.82, 2.24) is 10.2 Å². The quantitative estimate of drug-likeness (QED) is 0.744. The number of hydrogen-bond acceptors (Lipinski definition) is 2. The Morgan fingerprint density at radius 3 is 2.18 bits per heavy atom. The predicted octanol–water partition coefficient (Wildman–Crippen LogP) is 2.66. The third kappa shape index (κ3) is 7.37. The predicted molar refractivity (Wildman–Crippen MR) is 74.1 cm³/mol. The molecule has 1 amide bonds. The van der Waals surface area contributed by atoms with Gasteiger partial charge in [0.15, 0.2) is 0 Å². The first kappa shape index (κ1) is 16.4. The molecule has 0 saturated heterocycles. The molecule has 0 radical (unpaired) electrons. The van der Waals surface area contributed by atoms with E-state index < -0.39 is 0 Å². The van der Waals surface area contributed by atoms with Crippen LogP contribution in [-0.4, -0.2) is 36.5 Å². The number of amides is 1. The largest absolute Gasteiger partial charge is 0.353 e. The highest BCUT2D eigenvalue weighted by molar-refractivity contribution is 5.81. The summed E-state index contributed by atoms with van der Waals surface area (Å²) >= 11 is 0. The van der Waals surface area contributed by atoms with Crippen LogP contribution in [0.3, 0.4) is 0 Å². The summed E-state index contributed by atoms with van der Waals surface area (Å²) in [6.07, 6.45) is 2.20. The number of hydrogen-bond donors (Lipinski definition) is 1. The van der Waals surface area contributed by atoms with Crippen LogP contribution in [0.25, 0.3) is 0 Å². The first-order valence-corrected chi connectivity index (χ1v) is 6.84. The van der Waals surface area contributed by atoms with Crippen molar-refractivity contribution in [2.75, 3.05) is 19.6 Å². The molecule has 1 N–H and O–H groups in total. The van der Waals surface area contributed by atoms with Gasteiger partial charge >= 0.3 is 0 Å². The summed E-state index contributed by atoms with van der Waals surface area (Å²) in [4.78, 5) is 14.2. The van der Waals surface area contributed by atoms with Crippen LogP contribution in [0.5, 0.6) is 0 Å². The molecular formula is C14H30N2O. The zero-order valence-electron chi connectivity index (χ0n) is 12.5. The van der Waals surface area contributed by atoms with Gasteiger partial charge < -0.3 is 10.2 Å². The van der Waals surface area contributed by atoms with Gasteiger partial charge in [-0.2, -0.15) is 0 Å². The van der Waals surface area contributed by atoms with E-state index >= 15 is 0 Å². The zero-order valence-corrected chi connectivity index (χ0v) is 12.5. The van der Waals surface area contributed by atoms with Gasteiger partial charge in [-0.25, -0.2) is 0 Å². The van der Waals surface area contributed by atoms with Gasteiger partial charge in [0.25, 0.3) is 0 Å². The average Bonchev–Trinajstić information content (AvgIpc) is 2.23. The van der Waals surface area contributed by atoms with Crippen molar-refractivity contribution < 1.29 is 4.79 Å². The maximum absolute atomic E-state index is 11.8. The Labute approximate surface area is 107 Å². The fraction of sp³-hybridized carbons (Fsp3) is 0.929. The van der Waals surface area contributed by atoms with E-state index in [-0.39, 0.29) is 17.4 Å². The fourth-order valence-electron chi connectivity index (χ4n) is 1.67. The summed E-state index contributed by atoms with van der Waals surface area (Å²) in [5.74, 6) is 0.146. The Morgan fingerprint density at radius 2 is 1.76 bits per heavy atom. The molecule has 0 bridgehead atoms. The van der Waals surface area contributed by atoms with Gasteiger partial charge in [0.2, 0.25) is 5.91 Å². The lowest BCUT2D eigenvalue weighted by molar-refractivity contribution is -0.129. The Hall–Kier alpha value is -0.570. The average molecular weight is 242 g/mol. The fourth-order valence-corrected chi connectivity index (χ4v) is 1.67. The van der Waals surface area contributed by atoms with Gasteiger partial charge in [-0.1, -0.05) is 34.6 Å². The summed E-state index contributed by atoms with van der Waals surface area (Å²) in [6, 6.07) is 0.275. The van der Waals surface area contributed by atoms with Crippen LogP contribution >= 0.6 is 0 Å². The molecule has 1 atom stereocenters. The molecule has 0 aliphatic rings. The summed E-state index contributed by atoms with van der Waals surface area (Å²) in [5, 5.41) is 3.07. The van der Waals surface area contributed by atoms with Gasteiger partial charge in [0.05, 0.1) is 0 Å². The van der Waals surface area contributed by atoms with Gasteiger partial charge in [-0.05, 0) is 39.4 Å². The molecule has 0 aliphatic carbocycles. The van der Waals surface area contributed by atoms with Gasteiger partial charge in [0.1, 0.15) is 0 Å². The smallest absolute Gasteiger partial charge is 0.225 e. The van der Waals surface area contributed by atoms with Crippen molar-refractivity contribution in [2.24, 2.45) is 5.41 Å². The molecule has 102 valence electrons. The molecule has 0 spiro atoms. The second-order valence-corrected chi connectivity index (χ2v) is 5.79. The molecular weight excluding hydrogens is 212 g/mol. The summed E-state index contributed by atoms with van der Waals surface area (Å²) in [6.45, 7) is 15.7. The van der Waals surface area contributed by atoms with Crippen LogP contribution in [0.4, 0.5) is 0 Å². The third-order valence-corrected chi connectivity index (χ3v) is 3.06. The standard InChI is InChI=1S/C14H30N2O/c1-7-16(8-2)11-9-10-12(3)15-13(17)14(4,5)6/h12H,7-11H2,1-6H3,(H,15,17). The number of carbonyl (C=O) groups is 1. The van der Waals surface area contributed by atoms with Gasteiger partial charge in [-0.3, -0.25) is 4.79 Å². The van der Waals surface area contributed by atoms with Crippen LogP contribution in [0.2, 0.25) is 0 Å².